The fourth-order valence-corrected chi connectivity index (χ4v) is 4.90. The number of carbonyl (C=O) groups is 2. The van der Waals surface area contributed by atoms with Gasteiger partial charge in [-0.2, -0.15) is 0 Å². The molecule has 174 valence electrons. The zero-order chi connectivity index (χ0) is 24.2. The summed E-state index contributed by atoms with van der Waals surface area (Å²) in [6.45, 7) is 1.84. The lowest BCUT2D eigenvalue weighted by Gasteiger charge is -2.31. The van der Waals surface area contributed by atoms with Crippen LogP contribution >= 0.6 is 31.9 Å². The molecular formula is C26H22Br2N2O4. The SMILES string of the molecule is COc1cc([C@@H]2NC(=O)NC(c3ccccc3)=C2C(C)=O)c(Br)c(Br)c1OCc1ccccc1. The van der Waals surface area contributed by atoms with Gasteiger partial charge in [-0.3, -0.25) is 4.79 Å². The molecule has 0 radical (unpaired) electrons. The van der Waals surface area contributed by atoms with Crippen LogP contribution < -0.4 is 20.1 Å². The second-order valence-electron chi connectivity index (χ2n) is 7.64. The number of nitrogens with one attached hydrogen (secondary N) is 2. The van der Waals surface area contributed by atoms with Crippen molar-refractivity contribution in [2.45, 2.75) is 19.6 Å². The van der Waals surface area contributed by atoms with E-state index in [0.29, 0.717) is 43.9 Å². The van der Waals surface area contributed by atoms with E-state index in [1.807, 2.05) is 60.7 Å². The van der Waals surface area contributed by atoms with Crippen LogP contribution in [0.15, 0.2) is 81.2 Å². The molecule has 6 nitrogen and oxygen atoms in total. The monoisotopic (exact) mass is 584 g/mol. The molecule has 1 aliphatic heterocycles. The van der Waals surface area contributed by atoms with Gasteiger partial charge in [0.2, 0.25) is 0 Å². The minimum Gasteiger partial charge on any atom is -0.493 e. The summed E-state index contributed by atoms with van der Waals surface area (Å²) in [4.78, 5) is 25.4. The summed E-state index contributed by atoms with van der Waals surface area (Å²) in [5.41, 5.74) is 3.34. The Morgan fingerprint density at radius 2 is 1.65 bits per heavy atom. The largest absolute Gasteiger partial charge is 0.493 e. The van der Waals surface area contributed by atoms with E-state index in [0.717, 1.165) is 11.1 Å². The van der Waals surface area contributed by atoms with E-state index in [4.69, 9.17) is 9.47 Å². The van der Waals surface area contributed by atoms with Gasteiger partial charge in [0.1, 0.15) is 6.61 Å². The molecule has 3 aromatic rings. The molecule has 0 saturated carbocycles. The van der Waals surface area contributed by atoms with E-state index in [-0.39, 0.29) is 5.78 Å². The van der Waals surface area contributed by atoms with E-state index >= 15 is 0 Å². The van der Waals surface area contributed by atoms with E-state index in [1.54, 1.807) is 13.2 Å². The molecule has 8 heteroatoms. The average molecular weight is 586 g/mol. The molecule has 0 saturated heterocycles. The predicted molar refractivity (Wildman–Crippen MR) is 138 cm³/mol. The third-order valence-corrected chi connectivity index (χ3v) is 7.57. The third kappa shape index (κ3) is 4.88. The maximum atomic E-state index is 12.8. The van der Waals surface area contributed by atoms with Crippen molar-refractivity contribution in [2.75, 3.05) is 7.11 Å². The molecule has 0 spiro atoms. The van der Waals surface area contributed by atoms with Crippen molar-refractivity contribution < 1.29 is 19.1 Å². The van der Waals surface area contributed by atoms with Crippen LogP contribution in [0.4, 0.5) is 4.79 Å². The lowest BCUT2D eigenvalue weighted by Crippen LogP contribution is -2.44. The van der Waals surface area contributed by atoms with E-state index in [2.05, 4.69) is 42.5 Å². The Morgan fingerprint density at radius 1 is 1.00 bits per heavy atom. The number of hydrogen-bond donors (Lipinski definition) is 2. The fourth-order valence-electron chi connectivity index (χ4n) is 3.84. The topological polar surface area (TPSA) is 76.7 Å². The molecule has 0 fully saturated rings. The highest BCUT2D eigenvalue weighted by Crippen LogP contribution is 2.47. The molecule has 0 unspecified atom stereocenters. The fraction of sp³-hybridized carbons (Fsp3) is 0.154. The number of Topliss-reactive ketones (excluding diaryl/α,β-unsaturated/α-hetero) is 1. The molecule has 0 aromatic heterocycles. The van der Waals surface area contributed by atoms with Crippen LogP contribution in [0.5, 0.6) is 11.5 Å². The number of ketones is 1. The van der Waals surface area contributed by atoms with Crippen molar-refractivity contribution in [2.24, 2.45) is 0 Å². The molecule has 3 aromatic carbocycles. The summed E-state index contributed by atoms with van der Waals surface area (Å²) in [7, 11) is 1.55. The zero-order valence-corrected chi connectivity index (χ0v) is 21.7. The highest BCUT2D eigenvalue weighted by atomic mass is 79.9. The van der Waals surface area contributed by atoms with Gasteiger partial charge in [0, 0.05) is 10.0 Å². The average Bonchev–Trinajstić information content (AvgIpc) is 2.85. The van der Waals surface area contributed by atoms with Crippen LogP contribution in [0.25, 0.3) is 5.70 Å². The van der Waals surface area contributed by atoms with Gasteiger partial charge in [-0.1, -0.05) is 60.7 Å². The van der Waals surface area contributed by atoms with Crippen LogP contribution in [0, 0.1) is 0 Å². The summed E-state index contributed by atoms with van der Waals surface area (Å²) in [5.74, 6) is 0.819. The number of ether oxygens (including phenoxy) is 2. The van der Waals surface area contributed by atoms with Crippen molar-refractivity contribution in [1.29, 1.82) is 0 Å². The highest BCUT2D eigenvalue weighted by Gasteiger charge is 2.34. The number of halogens is 2. The predicted octanol–water partition coefficient (Wildman–Crippen LogP) is 6.15. The summed E-state index contributed by atoms with van der Waals surface area (Å²) in [6, 6.07) is 19.8. The smallest absolute Gasteiger partial charge is 0.320 e. The highest BCUT2D eigenvalue weighted by molar-refractivity contribution is 9.13. The van der Waals surface area contributed by atoms with Crippen molar-refractivity contribution in [3.05, 3.63) is 97.9 Å². The van der Waals surface area contributed by atoms with Crippen LogP contribution in [0.1, 0.15) is 29.7 Å². The summed E-state index contributed by atoms with van der Waals surface area (Å²) < 4.78 is 13.0. The Balaban J connectivity index is 1.80. The zero-order valence-electron chi connectivity index (χ0n) is 18.5. The number of amides is 2. The summed E-state index contributed by atoms with van der Waals surface area (Å²) in [5, 5.41) is 5.69. The molecule has 2 amide bonds. The van der Waals surface area contributed by atoms with Gasteiger partial charge >= 0.3 is 6.03 Å². The van der Waals surface area contributed by atoms with Crippen LogP contribution in [-0.2, 0) is 11.4 Å². The normalized spacial score (nSPS) is 15.4. The number of hydrogen-bond acceptors (Lipinski definition) is 4. The van der Waals surface area contributed by atoms with E-state index in [9.17, 15) is 9.59 Å². The van der Waals surface area contributed by atoms with Gasteiger partial charge in [-0.15, -0.1) is 0 Å². The quantitative estimate of drug-likeness (QED) is 0.348. The number of rotatable bonds is 7. The molecule has 1 atom stereocenters. The van der Waals surface area contributed by atoms with E-state index < -0.39 is 12.1 Å². The third-order valence-electron chi connectivity index (χ3n) is 5.43. The van der Waals surface area contributed by atoms with Crippen LogP contribution in [0.2, 0.25) is 0 Å². The molecule has 0 bridgehead atoms. The lowest BCUT2D eigenvalue weighted by atomic mass is 9.90. The standard InChI is InChI=1S/C26H22Br2N2O4/c1-15(31)20-23(17-11-7-4-8-12-17)29-26(32)30-24(20)18-13-19(33-2)25(22(28)21(18)27)34-14-16-9-5-3-6-10-16/h3-13,24H,14H2,1-2H3,(H2,29,30,32)/t24-/m0/s1. The summed E-state index contributed by atoms with van der Waals surface area (Å²) in [6.07, 6.45) is 0. The Morgan fingerprint density at radius 3 is 2.26 bits per heavy atom. The van der Waals surface area contributed by atoms with Gasteiger partial charge in [0.15, 0.2) is 17.3 Å². The van der Waals surface area contributed by atoms with Crippen molar-refractivity contribution >= 4 is 49.4 Å². The van der Waals surface area contributed by atoms with Crippen molar-refractivity contribution in [1.82, 2.24) is 10.6 Å². The number of urea groups is 1. The van der Waals surface area contributed by atoms with Gasteiger partial charge in [0.05, 0.1) is 23.3 Å². The Labute approximate surface area is 214 Å². The lowest BCUT2D eigenvalue weighted by molar-refractivity contribution is -0.113. The molecule has 4 rings (SSSR count). The molecule has 1 heterocycles. The molecular weight excluding hydrogens is 564 g/mol. The minimum atomic E-state index is -0.704. The molecule has 2 N–H and O–H groups in total. The number of benzene rings is 3. The minimum absolute atomic E-state index is 0.164. The first-order chi connectivity index (χ1) is 16.4. The molecule has 1 aliphatic rings. The number of methoxy groups -OCH3 is 1. The second-order valence-corrected chi connectivity index (χ2v) is 9.23. The van der Waals surface area contributed by atoms with Crippen molar-refractivity contribution in [3.8, 4) is 11.5 Å². The first kappa shape index (κ1) is 24.0. The summed E-state index contributed by atoms with van der Waals surface area (Å²) >= 11 is 7.25. The Hall–Kier alpha value is -3.10. The Bertz CT molecular complexity index is 1260. The van der Waals surface area contributed by atoms with Crippen LogP contribution in [0.3, 0.4) is 0 Å². The van der Waals surface area contributed by atoms with Gasteiger partial charge in [0.25, 0.3) is 0 Å². The molecule has 34 heavy (non-hydrogen) atoms. The van der Waals surface area contributed by atoms with Crippen LogP contribution in [-0.4, -0.2) is 18.9 Å². The maximum absolute atomic E-state index is 12.8. The van der Waals surface area contributed by atoms with Gasteiger partial charge in [-0.05, 0) is 61.5 Å². The number of carbonyl (C=O) groups excluding carboxylic acids is 2. The Kier molecular flexibility index (Phi) is 7.38. The first-order valence-electron chi connectivity index (χ1n) is 10.5. The first-order valence-corrected chi connectivity index (χ1v) is 12.1. The maximum Gasteiger partial charge on any atom is 0.320 e. The second kappa shape index (κ2) is 10.4. The van der Waals surface area contributed by atoms with Crippen molar-refractivity contribution in [3.63, 3.8) is 0 Å². The van der Waals surface area contributed by atoms with E-state index in [1.165, 1.54) is 6.92 Å². The molecule has 0 aliphatic carbocycles. The van der Waals surface area contributed by atoms with Gasteiger partial charge < -0.3 is 20.1 Å². The van der Waals surface area contributed by atoms with Gasteiger partial charge in [-0.25, -0.2) is 4.79 Å².